The molecule has 3 atom stereocenters. The molecule has 3 unspecified atom stereocenters. The van der Waals surface area contributed by atoms with Crippen molar-refractivity contribution in [2.45, 2.75) is 108 Å². The molecule has 3 nitrogen and oxygen atoms in total. The first-order valence-electron chi connectivity index (χ1n) is 13.9. The van der Waals surface area contributed by atoms with E-state index in [1.54, 1.807) is 12.1 Å². The number of hydrogen-bond donors (Lipinski definition) is 1. The van der Waals surface area contributed by atoms with E-state index in [4.69, 9.17) is 0 Å². The van der Waals surface area contributed by atoms with Gasteiger partial charge in [0.05, 0.1) is 5.56 Å². The van der Waals surface area contributed by atoms with Crippen LogP contribution in [0.4, 0.5) is 13.2 Å². The number of aliphatic carboxylic acids is 1. The molecule has 35 heavy (non-hydrogen) atoms. The minimum atomic E-state index is -4.34. The van der Waals surface area contributed by atoms with Crippen LogP contribution in [0.2, 0.25) is 0 Å². The first kappa shape index (κ1) is 26.5. The molecule has 0 bridgehead atoms. The van der Waals surface area contributed by atoms with Crippen molar-refractivity contribution in [3.05, 3.63) is 35.4 Å². The van der Waals surface area contributed by atoms with Gasteiger partial charge in [-0.05, 0) is 86.4 Å². The van der Waals surface area contributed by atoms with Crippen LogP contribution in [0.25, 0.3) is 0 Å². The summed E-state index contributed by atoms with van der Waals surface area (Å²) >= 11 is 0. The Balaban J connectivity index is 1.56. The zero-order valence-electron chi connectivity index (χ0n) is 20.9. The van der Waals surface area contributed by atoms with Crippen LogP contribution in [-0.2, 0) is 11.0 Å². The predicted molar refractivity (Wildman–Crippen MR) is 132 cm³/mol. The van der Waals surface area contributed by atoms with E-state index in [2.05, 4.69) is 4.90 Å². The number of benzene rings is 1. The van der Waals surface area contributed by atoms with Crippen molar-refractivity contribution in [3.63, 3.8) is 0 Å². The number of alkyl halides is 3. The Morgan fingerprint density at radius 1 is 0.857 bits per heavy atom. The fourth-order valence-corrected chi connectivity index (χ4v) is 7.13. The molecule has 196 valence electrons. The van der Waals surface area contributed by atoms with E-state index in [-0.39, 0.29) is 24.3 Å². The molecule has 3 aliphatic carbocycles. The molecule has 1 N–H and O–H groups in total. The second kappa shape index (κ2) is 12.1. The van der Waals surface area contributed by atoms with Gasteiger partial charge in [0.15, 0.2) is 0 Å². The number of hydrogen-bond acceptors (Lipinski definition) is 2. The molecule has 0 saturated heterocycles. The molecule has 3 saturated carbocycles. The van der Waals surface area contributed by atoms with Gasteiger partial charge in [0.1, 0.15) is 0 Å². The molecule has 0 spiro atoms. The summed E-state index contributed by atoms with van der Waals surface area (Å²) in [6, 6.07) is 5.99. The molecule has 1 aromatic rings. The van der Waals surface area contributed by atoms with Gasteiger partial charge in [-0.15, -0.1) is 0 Å². The maximum Gasteiger partial charge on any atom is 0.416 e. The fraction of sp³-hybridized carbons (Fsp3) is 0.759. The summed E-state index contributed by atoms with van der Waals surface area (Å²) < 4.78 is 39.6. The second-order valence-electron chi connectivity index (χ2n) is 11.5. The molecule has 0 radical (unpaired) electrons. The normalized spacial score (nSPS) is 26.9. The topological polar surface area (TPSA) is 40.5 Å². The number of carboxylic acid groups (broad SMARTS) is 1. The van der Waals surface area contributed by atoms with Crippen molar-refractivity contribution >= 4 is 5.97 Å². The van der Waals surface area contributed by atoms with Gasteiger partial charge in [-0.2, -0.15) is 13.2 Å². The molecule has 0 heterocycles. The Morgan fingerprint density at radius 3 is 2.11 bits per heavy atom. The zero-order valence-corrected chi connectivity index (χ0v) is 20.9. The molecule has 0 aliphatic heterocycles. The highest BCUT2D eigenvalue weighted by Gasteiger charge is 2.38. The van der Waals surface area contributed by atoms with Crippen molar-refractivity contribution < 1.29 is 23.1 Å². The van der Waals surface area contributed by atoms with Crippen LogP contribution in [-0.4, -0.2) is 35.1 Å². The number of carboxylic acids is 1. The minimum absolute atomic E-state index is 0.0856. The van der Waals surface area contributed by atoms with Gasteiger partial charge in [-0.25, -0.2) is 0 Å². The van der Waals surface area contributed by atoms with Crippen LogP contribution in [0.1, 0.15) is 107 Å². The average Bonchev–Trinajstić information content (AvgIpc) is 3.35. The standard InChI is InChI=1S/C29H42F3NO2/c30-29(31,32)25-13-11-24(12-14-25)26-18-23(19-28(34)35)10-15-27(26)33(17-16-21-6-4-5-7-21)20-22-8-2-1-3-9-22/h11-14,21-23,26-27H,1-10,15-20H2,(H,34,35). The predicted octanol–water partition coefficient (Wildman–Crippen LogP) is 7.90. The quantitative estimate of drug-likeness (QED) is 0.380. The molecule has 0 aromatic heterocycles. The van der Waals surface area contributed by atoms with Crippen LogP contribution in [0.15, 0.2) is 24.3 Å². The van der Waals surface area contributed by atoms with Gasteiger partial charge in [-0.1, -0.05) is 57.1 Å². The fourth-order valence-electron chi connectivity index (χ4n) is 7.13. The van der Waals surface area contributed by atoms with E-state index in [1.807, 2.05) is 0 Å². The molecule has 4 rings (SSSR count). The van der Waals surface area contributed by atoms with Crippen LogP contribution in [0, 0.1) is 17.8 Å². The van der Waals surface area contributed by atoms with E-state index in [0.717, 1.165) is 43.8 Å². The Bertz CT molecular complexity index is 797. The molecular formula is C29H42F3NO2. The Morgan fingerprint density at radius 2 is 1.49 bits per heavy atom. The first-order valence-corrected chi connectivity index (χ1v) is 13.9. The molecule has 1 aromatic carbocycles. The van der Waals surface area contributed by atoms with Crippen molar-refractivity contribution in [2.24, 2.45) is 17.8 Å². The van der Waals surface area contributed by atoms with E-state index in [0.29, 0.717) is 5.92 Å². The van der Waals surface area contributed by atoms with Crippen molar-refractivity contribution in [1.29, 1.82) is 0 Å². The van der Waals surface area contributed by atoms with Gasteiger partial charge in [0.2, 0.25) is 0 Å². The third-order valence-corrected chi connectivity index (χ3v) is 9.04. The summed E-state index contributed by atoms with van der Waals surface area (Å²) in [4.78, 5) is 14.1. The largest absolute Gasteiger partial charge is 0.481 e. The Labute approximate surface area is 208 Å². The van der Waals surface area contributed by atoms with Crippen LogP contribution >= 0.6 is 0 Å². The smallest absolute Gasteiger partial charge is 0.416 e. The summed E-state index contributed by atoms with van der Waals surface area (Å²) in [5, 5.41) is 9.41. The highest BCUT2D eigenvalue weighted by Crippen LogP contribution is 2.42. The summed E-state index contributed by atoms with van der Waals surface area (Å²) in [6.45, 7) is 2.14. The lowest BCUT2D eigenvalue weighted by Gasteiger charge is -2.44. The summed E-state index contributed by atoms with van der Waals surface area (Å²) in [5.41, 5.74) is 0.323. The molecular weight excluding hydrogens is 451 g/mol. The first-order chi connectivity index (χ1) is 16.8. The van der Waals surface area contributed by atoms with Crippen molar-refractivity contribution in [3.8, 4) is 0 Å². The molecule has 0 amide bonds. The lowest BCUT2D eigenvalue weighted by Crippen LogP contribution is -2.46. The van der Waals surface area contributed by atoms with E-state index < -0.39 is 17.7 Å². The number of halogens is 3. The number of carbonyl (C=O) groups is 1. The highest BCUT2D eigenvalue weighted by molar-refractivity contribution is 5.67. The summed E-state index contributed by atoms with van der Waals surface area (Å²) in [6.07, 6.45) is 11.4. The van der Waals surface area contributed by atoms with Crippen molar-refractivity contribution in [1.82, 2.24) is 4.90 Å². The van der Waals surface area contributed by atoms with Gasteiger partial charge < -0.3 is 5.11 Å². The SMILES string of the molecule is O=C(O)CC1CCC(N(CCC2CCCC2)CC2CCCCC2)C(c2ccc(C(F)(F)F)cc2)C1. The van der Waals surface area contributed by atoms with Gasteiger partial charge in [0.25, 0.3) is 0 Å². The Hall–Kier alpha value is -1.56. The highest BCUT2D eigenvalue weighted by atomic mass is 19.4. The minimum Gasteiger partial charge on any atom is -0.481 e. The van der Waals surface area contributed by atoms with E-state index in [1.165, 1.54) is 76.3 Å². The third kappa shape index (κ3) is 7.47. The lowest BCUT2D eigenvalue weighted by molar-refractivity contribution is -0.139. The number of nitrogens with zero attached hydrogens (tertiary/aromatic N) is 1. The maximum absolute atomic E-state index is 13.2. The average molecular weight is 494 g/mol. The summed E-state index contributed by atoms with van der Waals surface area (Å²) in [7, 11) is 0. The van der Waals surface area contributed by atoms with Crippen LogP contribution in [0.5, 0.6) is 0 Å². The summed E-state index contributed by atoms with van der Waals surface area (Å²) in [5.74, 6) is 0.902. The Kier molecular flexibility index (Phi) is 9.18. The van der Waals surface area contributed by atoms with Crippen LogP contribution in [0.3, 0.4) is 0 Å². The van der Waals surface area contributed by atoms with Gasteiger partial charge in [-0.3, -0.25) is 9.69 Å². The maximum atomic E-state index is 13.2. The lowest BCUT2D eigenvalue weighted by atomic mass is 9.72. The molecule has 6 heteroatoms. The zero-order chi connectivity index (χ0) is 24.8. The van der Waals surface area contributed by atoms with Gasteiger partial charge >= 0.3 is 12.1 Å². The third-order valence-electron chi connectivity index (χ3n) is 9.04. The molecule has 3 fully saturated rings. The van der Waals surface area contributed by atoms with E-state index in [9.17, 15) is 23.1 Å². The van der Waals surface area contributed by atoms with Crippen molar-refractivity contribution in [2.75, 3.05) is 13.1 Å². The van der Waals surface area contributed by atoms with E-state index >= 15 is 0 Å². The van der Waals surface area contributed by atoms with Crippen LogP contribution < -0.4 is 0 Å². The number of rotatable bonds is 9. The van der Waals surface area contributed by atoms with Gasteiger partial charge in [0, 0.05) is 19.0 Å². The monoisotopic (exact) mass is 493 g/mol. The second-order valence-corrected chi connectivity index (χ2v) is 11.5. The molecule has 3 aliphatic rings.